The van der Waals surface area contributed by atoms with Crippen molar-refractivity contribution in [3.05, 3.63) is 64.4 Å². The number of amides is 1. The van der Waals surface area contributed by atoms with E-state index in [1.54, 1.807) is 30.3 Å². The molecule has 1 amide bonds. The van der Waals surface area contributed by atoms with Crippen molar-refractivity contribution in [3.8, 4) is 17.4 Å². The van der Waals surface area contributed by atoms with Gasteiger partial charge in [0.1, 0.15) is 23.2 Å². The summed E-state index contributed by atoms with van der Waals surface area (Å²) >= 11 is 12.1. The standard InChI is InChI=1S/C17H12Cl2N2O2/c1-2-8-21-17(22)11(10-20)9-12-6-7-15(23-12)13-4-3-5-14(18)16(13)19/h2-7,9H,1,8H2,(H,21,22)/b11-9+. The van der Waals surface area contributed by atoms with Crippen LogP contribution < -0.4 is 5.32 Å². The summed E-state index contributed by atoms with van der Waals surface area (Å²) in [7, 11) is 0. The van der Waals surface area contributed by atoms with Crippen LogP contribution in [-0.4, -0.2) is 12.5 Å². The summed E-state index contributed by atoms with van der Waals surface area (Å²) in [5.74, 6) is 0.361. The molecular formula is C17H12Cl2N2O2. The predicted octanol–water partition coefficient (Wildman–Crippen LogP) is 4.46. The Balaban J connectivity index is 2.30. The van der Waals surface area contributed by atoms with Crippen LogP contribution in [0, 0.1) is 11.3 Å². The zero-order valence-corrected chi connectivity index (χ0v) is 13.5. The maximum absolute atomic E-state index is 11.8. The third kappa shape index (κ3) is 4.04. The minimum absolute atomic E-state index is 0.0649. The highest BCUT2D eigenvalue weighted by Gasteiger charge is 2.12. The van der Waals surface area contributed by atoms with E-state index in [2.05, 4.69) is 11.9 Å². The number of hydrogen-bond donors (Lipinski definition) is 1. The van der Waals surface area contributed by atoms with E-state index in [1.165, 1.54) is 12.2 Å². The minimum Gasteiger partial charge on any atom is -0.457 e. The first-order valence-electron chi connectivity index (χ1n) is 6.62. The highest BCUT2D eigenvalue weighted by molar-refractivity contribution is 6.43. The number of benzene rings is 1. The van der Waals surface area contributed by atoms with Gasteiger partial charge in [0.05, 0.1) is 10.0 Å². The zero-order chi connectivity index (χ0) is 16.8. The van der Waals surface area contributed by atoms with E-state index >= 15 is 0 Å². The van der Waals surface area contributed by atoms with Crippen LogP contribution in [0.25, 0.3) is 17.4 Å². The molecule has 4 nitrogen and oxygen atoms in total. The lowest BCUT2D eigenvalue weighted by atomic mass is 10.2. The highest BCUT2D eigenvalue weighted by atomic mass is 35.5. The fourth-order valence-electron chi connectivity index (χ4n) is 1.82. The molecular weight excluding hydrogens is 335 g/mol. The van der Waals surface area contributed by atoms with Crippen LogP contribution in [0.1, 0.15) is 5.76 Å². The van der Waals surface area contributed by atoms with Crippen molar-refractivity contribution in [1.82, 2.24) is 5.32 Å². The van der Waals surface area contributed by atoms with Gasteiger partial charge in [-0.3, -0.25) is 4.79 Å². The third-order valence-corrected chi connectivity index (χ3v) is 3.72. The molecule has 0 spiro atoms. The molecule has 0 radical (unpaired) electrons. The predicted molar refractivity (Wildman–Crippen MR) is 91.0 cm³/mol. The van der Waals surface area contributed by atoms with E-state index in [1.807, 2.05) is 6.07 Å². The Morgan fingerprint density at radius 1 is 1.35 bits per heavy atom. The Hall–Kier alpha value is -2.48. The first-order chi connectivity index (χ1) is 11.1. The van der Waals surface area contributed by atoms with E-state index < -0.39 is 5.91 Å². The Morgan fingerprint density at radius 3 is 2.83 bits per heavy atom. The molecule has 0 atom stereocenters. The number of carbonyl (C=O) groups excluding carboxylic acids is 1. The largest absolute Gasteiger partial charge is 0.457 e. The van der Waals surface area contributed by atoms with Gasteiger partial charge in [-0.1, -0.05) is 35.3 Å². The molecule has 0 aliphatic heterocycles. The number of nitriles is 1. The van der Waals surface area contributed by atoms with Gasteiger partial charge in [-0.25, -0.2) is 0 Å². The van der Waals surface area contributed by atoms with Crippen LogP contribution in [0.5, 0.6) is 0 Å². The van der Waals surface area contributed by atoms with E-state index in [0.29, 0.717) is 27.1 Å². The number of nitrogens with one attached hydrogen (secondary N) is 1. The number of carbonyl (C=O) groups is 1. The van der Waals surface area contributed by atoms with Crippen LogP contribution in [0.4, 0.5) is 0 Å². The quantitative estimate of drug-likeness (QED) is 0.493. The van der Waals surface area contributed by atoms with Crippen molar-refractivity contribution in [2.75, 3.05) is 6.54 Å². The van der Waals surface area contributed by atoms with Crippen molar-refractivity contribution >= 4 is 35.2 Å². The van der Waals surface area contributed by atoms with Gasteiger partial charge in [0, 0.05) is 18.2 Å². The SMILES string of the molecule is C=CCNC(=O)/C(C#N)=C/c1ccc(-c2cccc(Cl)c2Cl)o1. The number of halogens is 2. The molecule has 2 rings (SSSR count). The first kappa shape index (κ1) is 16.9. The van der Waals surface area contributed by atoms with Gasteiger partial charge in [-0.05, 0) is 24.3 Å². The molecule has 0 aliphatic carbocycles. The molecule has 1 aromatic heterocycles. The summed E-state index contributed by atoms with van der Waals surface area (Å²) in [4.78, 5) is 11.8. The molecule has 0 aliphatic rings. The van der Waals surface area contributed by atoms with Crippen LogP contribution in [-0.2, 0) is 4.79 Å². The number of nitrogens with zero attached hydrogens (tertiary/aromatic N) is 1. The van der Waals surface area contributed by atoms with Crippen LogP contribution in [0.15, 0.2) is 53.0 Å². The molecule has 6 heteroatoms. The van der Waals surface area contributed by atoms with Gasteiger partial charge in [0.2, 0.25) is 0 Å². The topological polar surface area (TPSA) is 66.0 Å². The van der Waals surface area contributed by atoms with Crippen LogP contribution >= 0.6 is 23.2 Å². The van der Waals surface area contributed by atoms with Crippen molar-refractivity contribution in [2.45, 2.75) is 0 Å². The van der Waals surface area contributed by atoms with Gasteiger partial charge in [-0.15, -0.1) is 6.58 Å². The summed E-state index contributed by atoms with van der Waals surface area (Å²) in [6.45, 7) is 3.77. The summed E-state index contributed by atoms with van der Waals surface area (Å²) in [5, 5.41) is 12.4. The fraction of sp³-hybridized carbons (Fsp3) is 0.0588. The Kier molecular flexibility index (Phi) is 5.64. The molecule has 0 saturated carbocycles. The van der Waals surface area contributed by atoms with Gasteiger partial charge in [0.25, 0.3) is 5.91 Å². The zero-order valence-electron chi connectivity index (χ0n) is 12.0. The Morgan fingerprint density at radius 2 is 2.13 bits per heavy atom. The summed E-state index contributed by atoms with van der Waals surface area (Å²) in [5.41, 5.74) is 0.568. The number of furan rings is 1. The smallest absolute Gasteiger partial charge is 0.262 e. The van der Waals surface area contributed by atoms with E-state index in [-0.39, 0.29) is 12.1 Å². The second kappa shape index (κ2) is 7.68. The van der Waals surface area contributed by atoms with Gasteiger partial charge >= 0.3 is 0 Å². The molecule has 1 aromatic carbocycles. The second-order valence-corrected chi connectivity index (χ2v) is 5.26. The monoisotopic (exact) mass is 346 g/mol. The van der Waals surface area contributed by atoms with E-state index in [0.717, 1.165) is 0 Å². The van der Waals surface area contributed by atoms with Crippen molar-refractivity contribution in [2.24, 2.45) is 0 Å². The van der Waals surface area contributed by atoms with Crippen LogP contribution in [0.2, 0.25) is 10.0 Å². The average Bonchev–Trinajstić information content (AvgIpc) is 3.01. The lowest BCUT2D eigenvalue weighted by Crippen LogP contribution is -2.24. The molecule has 0 fully saturated rings. The number of rotatable bonds is 5. The molecule has 1 heterocycles. The molecule has 1 N–H and O–H groups in total. The second-order valence-electron chi connectivity index (χ2n) is 4.47. The third-order valence-electron chi connectivity index (χ3n) is 2.90. The molecule has 0 unspecified atom stereocenters. The molecule has 0 saturated heterocycles. The fourth-order valence-corrected chi connectivity index (χ4v) is 2.21. The summed E-state index contributed by atoms with van der Waals surface area (Å²) in [6, 6.07) is 10.4. The van der Waals surface area contributed by atoms with Crippen molar-refractivity contribution in [3.63, 3.8) is 0 Å². The Labute approximate surface area is 143 Å². The van der Waals surface area contributed by atoms with E-state index in [9.17, 15) is 4.79 Å². The molecule has 0 bridgehead atoms. The van der Waals surface area contributed by atoms with Crippen molar-refractivity contribution in [1.29, 1.82) is 5.26 Å². The molecule has 2 aromatic rings. The lowest BCUT2D eigenvalue weighted by Gasteiger charge is -2.02. The summed E-state index contributed by atoms with van der Waals surface area (Å²) < 4.78 is 5.62. The maximum Gasteiger partial charge on any atom is 0.262 e. The average molecular weight is 347 g/mol. The maximum atomic E-state index is 11.8. The van der Waals surface area contributed by atoms with Crippen LogP contribution in [0.3, 0.4) is 0 Å². The van der Waals surface area contributed by atoms with Crippen molar-refractivity contribution < 1.29 is 9.21 Å². The molecule has 116 valence electrons. The van der Waals surface area contributed by atoms with Gasteiger partial charge in [0.15, 0.2) is 0 Å². The van der Waals surface area contributed by atoms with Gasteiger partial charge in [-0.2, -0.15) is 5.26 Å². The van der Waals surface area contributed by atoms with Gasteiger partial charge < -0.3 is 9.73 Å². The Bertz CT molecular complexity index is 816. The van der Waals surface area contributed by atoms with E-state index in [4.69, 9.17) is 32.9 Å². The summed E-state index contributed by atoms with van der Waals surface area (Å²) in [6.07, 6.45) is 2.89. The number of hydrogen-bond acceptors (Lipinski definition) is 3. The minimum atomic E-state index is -0.494. The highest BCUT2D eigenvalue weighted by Crippen LogP contribution is 2.34. The first-order valence-corrected chi connectivity index (χ1v) is 7.37. The lowest BCUT2D eigenvalue weighted by molar-refractivity contribution is -0.116. The molecule has 23 heavy (non-hydrogen) atoms. The normalized spacial score (nSPS) is 10.9.